The molecule has 0 bridgehead atoms. The van der Waals surface area contributed by atoms with Gasteiger partial charge in [0.25, 0.3) is 0 Å². The second-order valence-electron chi connectivity index (χ2n) is 10.3. The van der Waals surface area contributed by atoms with E-state index in [9.17, 15) is 4.79 Å². The second-order valence-corrected chi connectivity index (χ2v) is 10.3. The van der Waals surface area contributed by atoms with Crippen molar-refractivity contribution < 1.29 is 28.5 Å². The molecular weight excluding hydrogens is 532 g/mol. The molecule has 5 rings (SSSR count). The van der Waals surface area contributed by atoms with Gasteiger partial charge in [0.2, 0.25) is 11.7 Å². The number of carbonyl (C=O) groups excluding carboxylic acids is 1. The molecule has 1 atom stereocenters. The van der Waals surface area contributed by atoms with Gasteiger partial charge in [0, 0.05) is 24.7 Å². The van der Waals surface area contributed by atoms with Crippen molar-refractivity contribution in [2.45, 2.75) is 25.4 Å². The number of hydrogen-bond acceptors (Lipinski definition) is 7. The van der Waals surface area contributed by atoms with Crippen molar-refractivity contribution in [3.05, 3.63) is 89.0 Å². The lowest BCUT2D eigenvalue weighted by molar-refractivity contribution is -0.123. The number of nitrogens with zero attached hydrogens (tertiary/aromatic N) is 1. The summed E-state index contributed by atoms with van der Waals surface area (Å²) in [6.45, 7) is 1.39. The Morgan fingerprint density at radius 2 is 1.55 bits per heavy atom. The minimum Gasteiger partial charge on any atom is -0.493 e. The highest BCUT2D eigenvalue weighted by molar-refractivity contribution is 5.86. The number of hydrogen-bond donors (Lipinski definition) is 1. The summed E-state index contributed by atoms with van der Waals surface area (Å²) in [7, 11) is 8.13. The number of carbonyl (C=O) groups is 1. The van der Waals surface area contributed by atoms with E-state index in [0.717, 1.165) is 39.4 Å². The van der Waals surface area contributed by atoms with Crippen LogP contribution >= 0.6 is 0 Å². The minimum absolute atomic E-state index is 0.0388. The lowest BCUT2D eigenvalue weighted by Gasteiger charge is -2.38. The van der Waals surface area contributed by atoms with Crippen LogP contribution in [0, 0.1) is 0 Å². The van der Waals surface area contributed by atoms with Crippen LogP contribution in [0.3, 0.4) is 0 Å². The van der Waals surface area contributed by atoms with Crippen LogP contribution in [0.5, 0.6) is 28.7 Å². The van der Waals surface area contributed by atoms with Crippen molar-refractivity contribution in [3.8, 4) is 28.7 Å². The second kappa shape index (κ2) is 13.0. The van der Waals surface area contributed by atoms with E-state index in [4.69, 9.17) is 23.7 Å². The van der Waals surface area contributed by atoms with Crippen molar-refractivity contribution in [2.24, 2.45) is 0 Å². The van der Waals surface area contributed by atoms with Crippen LogP contribution < -0.4 is 29.0 Å². The maximum atomic E-state index is 13.4. The summed E-state index contributed by atoms with van der Waals surface area (Å²) >= 11 is 0. The minimum atomic E-state index is -0.162. The van der Waals surface area contributed by atoms with Crippen molar-refractivity contribution in [1.29, 1.82) is 0 Å². The van der Waals surface area contributed by atoms with Crippen LogP contribution in [0.2, 0.25) is 0 Å². The maximum Gasteiger partial charge on any atom is 0.234 e. The SMILES string of the molecule is COc1ccc(CC2c3c(cc(OC)c(OC)c3OC)CCN2CC(=O)NCc2cccc3ccccc23)cc1OC. The van der Waals surface area contributed by atoms with E-state index < -0.39 is 0 Å². The molecule has 1 aliphatic heterocycles. The standard InChI is InChI=1S/C34H38N2O6/c1-38-28-14-13-22(18-29(28)39-2)17-27-32-24(19-30(40-3)33(41-4)34(32)42-5)15-16-36(27)21-31(37)35-20-25-11-8-10-23-9-6-7-12-26(23)25/h6-14,18-19,27H,15-17,20-21H2,1-5H3,(H,35,37). The Labute approximate surface area is 247 Å². The van der Waals surface area contributed by atoms with Crippen LogP contribution in [-0.4, -0.2) is 59.4 Å². The predicted octanol–water partition coefficient (Wildman–Crippen LogP) is 5.34. The van der Waals surface area contributed by atoms with Gasteiger partial charge in [-0.05, 0) is 58.5 Å². The number of methoxy groups -OCH3 is 5. The summed E-state index contributed by atoms with van der Waals surface area (Å²) in [6, 6.07) is 22.2. The summed E-state index contributed by atoms with van der Waals surface area (Å²) in [6.07, 6.45) is 1.36. The number of amides is 1. The summed E-state index contributed by atoms with van der Waals surface area (Å²) in [4.78, 5) is 15.6. The van der Waals surface area contributed by atoms with Crippen molar-refractivity contribution in [3.63, 3.8) is 0 Å². The van der Waals surface area contributed by atoms with Crippen LogP contribution in [0.1, 0.15) is 28.3 Å². The smallest absolute Gasteiger partial charge is 0.234 e. The lowest BCUT2D eigenvalue weighted by atomic mass is 9.87. The van der Waals surface area contributed by atoms with Gasteiger partial charge < -0.3 is 29.0 Å². The Kier molecular flexibility index (Phi) is 9.03. The Morgan fingerprint density at radius 3 is 2.29 bits per heavy atom. The molecule has 1 N–H and O–H groups in total. The zero-order chi connectivity index (χ0) is 29.6. The number of benzene rings is 4. The third kappa shape index (κ3) is 5.81. The van der Waals surface area contributed by atoms with E-state index in [0.29, 0.717) is 48.3 Å². The van der Waals surface area contributed by atoms with Crippen molar-refractivity contribution in [2.75, 3.05) is 48.6 Å². The van der Waals surface area contributed by atoms with Crippen molar-refractivity contribution >= 4 is 16.7 Å². The molecule has 0 aromatic heterocycles. The molecule has 0 spiro atoms. The fourth-order valence-electron chi connectivity index (χ4n) is 5.94. The highest BCUT2D eigenvalue weighted by Gasteiger charge is 2.35. The average molecular weight is 571 g/mol. The highest BCUT2D eigenvalue weighted by atomic mass is 16.5. The number of rotatable bonds is 11. The molecule has 8 nitrogen and oxygen atoms in total. The molecule has 1 unspecified atom stereocenters. The normalized spacial score (nSPS) is 14.6. The first-order valence-electron chi connectivity index (χ1n) is 14.0. The molecule has 4 aromatic rings. The topological polar surface area (TPSA) is 78.5 Å². The van der Waals surface area contributed by atoms with Gasteiger partial charge in [-0.2, -0.15) is 0 Å². The van der Waals surface area contributed by atoms with Gasteiger partial charge in [-0.15, -0.1) is 0 Å². The first kappa shape index (κ1) is 29.1. The van der Waals surface area contributed by atoms with Crippen LogP contribution in [-0.2, 0) is 24.2 Å². The van der Waals surface area contributed by atoms with E-state index in [1.165, 1.54) is 0 Å². The van der Waals surface area contributed by atoms with Gasteiger partial charge >= 0.3 is 0 Å². The van der Waals surface area contributed by atoms with Gasteiger partial charge in [-0.1, -0.05) is 48.5 Å². The summed E-state index contributed by atoms with van der Waals surface area (Å²) < 4.78 is 28.4. The number of fused-ring (bicyclic) bond motifs is 2. The molecule has 220 valence electrons. The van der Waals surface area contributed by atoms with Crippen LogP contribution in [0.4, 0.5) is 0 Å². The molecule has 0 fully saturated rings. The van der Waals surface area contributed by atoms with Crippen molar-refractivity contribution in [1.82, 2.24) is 10.2 Å². The molecule has 0 saturated carbocycles. The van der Waals surface area contributed by atoms with Gasteiger partial charge in [-0.3, -0.25) is 9.69 Å². The Bertz CT molecular complexity index is 1560. The first-order valence-corrected chi connectivity index (χ1v) is 14.0. The Morgan fingerprint density at radius 1 is 0.810 bits per heavy atom. The van der Waals surface area contributed by atoms with E-state index >= 15 is 0 Å². The van der Waals surface area contributed by atoms with E-state index in [1.54, 1.807) is 35.5 Å². The largest absolute Gasteiger partial charge is 0.493 e. The molecule has 1 aliphatic rings. The molecule has 42 heavy (non-hydrogen) atoms. The monoisotopic (exact) mass is 570 g/mol. The van der Waals surface area contributed by atoms with Crippen LogP contribution in [0.25, 0.3) is 10.8 Å². The fraction of sp³-hybridized carbons (Fsp3) is 0.324. The number of nitrogens with one attached hydrogen (secondary N) is 1. The van der Waals surface area contributed by atoms with Gasteiger partial charge in [0.1, 0.15) is 0 Å². The third-order valence-corrected chi connectivity index (χ3v) is 7.98. The van der Waals surface area contributed by atoms with Gasteiger partial charge in [0.15, 0.2) is 23.0 Å². The Hall–Kier alpha value is -4.43. The quantitative estimate of drug-likeness (QED) is 0.261. The average Bonchev–Trinajstić information content (AvgIpc) is 3.03. The van der Waals surface area contributed by atoms with E-state index in [-0.39, 0.29) is 18.5 Å². The fourth-order valence-corrected chi connectivity index (χ4v) is 5.94. The summed E-state index contributed by atoms with van der Waals surface area (Å²) in [5, 5.41) is 5.46. The first-order chi connectivity index (χ1) is 20.5. The maximum absolute atomic E-state index is 13.4. The highest BCUT2D eigenvalue weighted by Crippen LogP contribution is 2.48. The summed E-state index contributed by atoms with van der Waals surface area (Å²) in [5.41, 5.74) is 4.25. The molecule has 0 saturated heterocycles. The zero-order valence-corrected chi connectivity index (χ0v) is 24.9. The van der Waals surface area contributed by atoms with E-state index in [1.807, 2.05) is 42.5 Å². The molecule has 0 aliphatic carbocycles. The third-order valence-electron chi connectivity index (χ3n) is 7.98. The molecule has 0 radical (unpaired) electrons. The molecule has 4 aromatic carbocycles. The zero-order valence-electron chi connectivity index (χ0n) is 24.9. The molecule has 1 heterocycles. The molecule has 1 amide bonds. The predicted molar refractivity (Wildman–Crippen MR) is 163 cm³/mol. The van der Waals surface area contributed by atoms with Gasteiger partial charge in [-0.25, -0.2) is 0 Å². The lowest BCUT2D eigenvalue weighted by Crippen LogP contribution is -2.43. The van der Waals surface area contributed by atoms with Crippen LogP contribution in [0.15, 0.2) is 66.7 Å². The summed E-state index contributed by atoms with van der Waals surface area (Å²) in [5.74, 6) is 3.07. The molecule has 8 heteroatoms. The van der Waals surface area contributed by atoms with Gasteiger partial charge in [0.05, 0.1) is 42.1 Å². The number of ether oxygens (including phenoxy) is 5. The van der Waals surface area contributed by atoms with E-state index in [2.05, 4.69) is 34.5 Å². The Balaban J connectivity index is 1.46. The molecular formula is C34H38N2O6.